The maximum atomic E-state index is 11.6. The average Bonchev–Trinajstić information content (AvgIpc) is 3.10. The zero-order chi connectivity index (χ0) is 17.0. The molecule has 5 heteroatoms. The van der Waals surface area contributed by atoms with Crippen LogP contribution in [0.3, 0.4) is 0 Å². The van der Waals surface area contributed by atoms with Crippen LogP contribution in [0.2, 0.25) is 0 Å². The Morgan fingerprint density at radius 3 is 2.83 bits per heavy atom. The standard InChI is InChI=1S/C19H23N3O2/c1-24-15-6-4-5-14(11-15)19(8-2-3-9-19)13-22-17-7-10-21-12-16(17)18(20)23/h4-7,10-12H,2-3,8-9,13H2,1H3,(H2,20,23)(H,21,22). The van der Waals surface area contributed by atoms with Crippen molar-refractivity contribution in [1.29, 1.82) is 0 Å². The van der Waals surface area contributed by atoms with Gasteiger partial charge in [0.1, 0.15) is 5.75 Å². The molecule has 0 aliphatic heterocycles. The van der Waals surface area contributed by atoms with Crippen molar-refractivity contribution in [3.05, 3.63) is 53.9 Å². The van der Waals surface area contributed by atoms with Gasteiger partial charge in [0.25, 0.3) is 5.91 Å². The predicted octanol–water partition coefficient (Wildman–Crippen LogP) is 3.11. The molecule has 1 aliphatic rings. The van der Waals surface area contributed by atoms with Crippen LogP contribution in [-0.4, -0.2) is 24.5 Å². The fraction of sp³-hybridized carbons (Fsp3) is 0.368. The third-order valence-corrected chi connectivity index (χ3v) is 4.95. The van der Waals surface area contributed by atoms with E-state index in [0.717, 1.165) is 30.8 Å². The van der Waals surface area contributed by atoms with Crippen molar-refractivity contribution in [3.8, 4) is 5.75 Å². The Labute approximate surface area is 142 Å². The summed E-state index contributed by atoms with van der Waals surface area (Å²) in [5.41, 5.74) is 7.94. The summed E-state index contributed by atoms with van der Waals surface area (Å²) in [6, 6.07) is 10.1. The van der Waals surface area contributed by atoms with Gasteiger partial charge >= 0.3 is 0 Å². The normalized spacial score (nSPS) is 15.9. The number of ether oxygens (including phenoxy) is 1. The highest BCUT2D eigenvalue weighted by atomic mass is 16.5. The number of anilines is 1. The van der Waals surface area contributed by atoms with Gasteiger partial charge in [-0.1, -0.05) is 25.0 Å². The van der Waals surface area contributed by atoms with Gasteiger partial charge < -0.3 is 15.8 Å². The van der Waals surface area contributed by atoms with Crippen LogP contribution in [0.5, 0.6) is 5.75 Å². The van der Waals surface area contributed by atoms with Crippen LogP contribution < -0.4 is 15.8 Å². The second-order valence-corrected chi connectivity index (χ2v) is 6.36. The molecule has 0 saturated heterocycles. The number of methoxy groups -OCH3 is 1. The van der Waals surface area contributed by atoms with E-state index in [1.165, 1.54) is 24.6 Å². The highest BCUT2D eigenvalue weighted by Crippen LogP contribution is 2.42. The maximum Gasteiger partial charge on any atom is 0.252 e. The lowest BCUT2D eigenvalue weighted by Gasteiger charge is -2.31. The first-order chi connectivity index (χ1) is 11.6. The molecule has 1 heterocycles. The lowest BCUT2D eigenvalue weighted by molar-refractivity contribution is 0.100. The molecule has 2 aromatic rings. The summed E-state index contributed by atoms with van der Waals surface area (Å²) in [5, 5.41) is 3.43. The van der Waals surface area contributed by atoms with Crippen molar-refractivity contribution in [2.45, 2.75) is 31.1 Å². The van der Waals surface area contributed by atoms with Gasteiger partial charge in [0, 0.05) is 24.4 Å². The number of amides is 1. The van der Waals surface area contributed by atoms with Crippen molar-refractivity contribution < 1.29 is 9.53 Å². The van der Waals surface area contributed by atoms with Gasteiger partial charge in [0.2, 0.25) is 0 Å². The summed E-state index contributed by atoms with van der Waals surface area (Å²) < 4.78 is 5.38. The summed E-state index contributed by atoms with van der Waals surface area (Å²) in [7, 11) is 1.69. The van der Waals surface area contributed by atoms with Crippen LogP contribution in [0, 0.1) is 0 Å². The summed E-state index contributed by atoms with van der Waals surface area (Å²) in [6.45, 7) is 0.754. The van der Waals surface area contributed by atoms with Gasteiger partial charge in [-0.2, -0.15) is 0 Å². The number of carbonyl (C=O) groups excluding carboxylic acids is 1. The molecule has 0 atom stereocenters. The highest BCUT2D eigenvalue weighted by Gasteiger charge is 2.35. The molecule has 1 amide bonds. The van der Waals surface area contributed by atoms with Gasteiger partial charge in [-0.25, -0.2) is 0 Å². The number of nitrogens with two attached hydrogens (primary N) is 1. The average molecular weight is 325 g/mol. The minimum atomic E-state index is -0.465. The number of aromatic nitrogens is 1. The number of primary amides is 1. The topological polar surface area (TPSA) is 77.2 Å². The van der Waals surface area contributed by atoms with Crippen molar-refractivity contribution in [3.63, 3.8) is 0 Å². The molecule has 1 fully saturated rings. The van der Waals surface area contributed by atoms with Crippen LogP contribution >= 0.6 is 0 Å². The first-order valence-electron chi connectivity index (χ1n) is 8.27. The monoisotopic (exact) mass is 325 g/mol. The van der Waals surface area contributed by atoms with Crippen LogP contribution in [0.25, 0.3) is 0 Å². The molecular weight excluding hydrogens is 302 g/mol. The Morgan fingerprint density at radius 1 is 1.33 bits per heavy atom. The van der Waals surface area contributed by atoms with E-state index in [2.05, 4.69) is 22.4 Å². The fourth-order valence-electron chi connectivity index (χ4n) is 3.58. The van der Waals surface area contributed by atoms with Gasteiger partial charge in [-0.15, -0.1) is 0 Å². The summed E-state index contributed by atoms with van der Waals surface area (Å²) in [5.74, 6) is 0.410. The van der Waals surface area contributed by atoms with Crippen molar-refractivity contribution in [2.24, 2.45) is 5.73 Å². The molecule has 126 valence electrons. The smallest absolute Gasteiger partial charge is 0.252 e. The minimum absolute atomic E-state index is 0.0483. The maximum absolute atomic E-state index is 11.6. The number of pyridine rings is 1. The third kappa shape index (κ3) is 3.20. The van der Waals surface area contributed by atoms with Crippen molar-refractivity contribution in [2.75, 3.05) is 19.0 Å². The number of nitrogens with zero attached hydrogens (tertiary/aromatic N) is 1. The van der Waals surface area contributed by atoms with E-state index in [9.17, 15) is 4.79 Å². The number of carbonyl (C=O) groups is 1. The zero-order valence-corrected chi connectivity index (χ0v) is 13.9. The molecule has 1 saturated carbocycles. The molecule has 1 aliphatic carbocycles. The zero-order valence-electron chi connectivity index (χ0n) is 13.9. The SMILES string of the molecule is COc1cccc(C2(CNc3ccncc3C(N)=O)CCCC2)c1. The molecule has 0 unspecified atom stereocenters. The summed E-state index contributed by atoms with van der Waals surface area (Å²) in [6.07, 6.45) is 7.82. The van der Waals surface area contributed by atoms with E-state index in [0.29, 0.717) is 5.56 Å². The van der Waals surface area contributed by atoms with E-state index in [1.54, 1.807) is 19.4 Å². The molecular formula is C19H23N3O2. The largest absolute Gasteiger partial charge is 0.497 e. The first kappa shape index (κ1) is 16.3. The molecule has 0 spiro atoms. The number of rotatable bonds is 6. The predicted molar refractivity (Wildman–Crippen MR) is 94.4 cm³/mol. The van der Waals surface area contributed by atoms with E-state index < -0.39 is 5.91 Å². The number of benzene rings is 1. The minimum Gasteiger partial charge on any atom is -0.497 e. The van der Waals surface area contributed by atoms with E-state index in [4.69, 9.17) is 10.5 Å². The second-order valence-electron chi connectivity index (χ2n) is 6.36. The molecule has 5 nitrogen and oxygen atoms in total. The van der Waals surface area contributed by atoms with Crippen LogP contribution in [0.1, 0.15) is 41.6 Å². The lowest BCUT2D eigenvalue weighted by Crippen LogP contribution is -2.32. The Kier molecular flexibility index (Phi) is 4.69. The molecule has 0 bridgehead atoms. The third-order valence-electron chi connectivity index (χ3n) is 4.95. The van der Waals surface area contributed by atoms with Gasteiger partial charge in [0.05, 0.1) is 18.4 Å². The van der Waals surface area contributed by atoms with Crippen LogP contribution in [-0.2, 0) is 5.41 Å². The molecule has 1 aromatic heterocycles. The molecule has 24 heavy (non-hydrogen) atoms. The number of hydrogen-bond donors (Lipinski definition) is 2. The summed E-state index contributed by atoms with van der Waals surface area (Å²) >= 11 is 0. The highest BCUT2D eigenvalue weighted by molar-refractivity contribution is 5.98. The molecule has 3 rings (SSSR count). The van der Waals surface area contributed by atoms with Crippen molar-refractivity contribution in [1.82, 2.24) is 4.98 Å². The Bertz CT molecular complexity index is 724. The Morgan fingerprint density at radius 2 is 2.12 bits per heavy atom. The van der Waals surface area contributed by atoms with Crippen molar-refractivity contribution >= 4 is 11.6 Å². The van der Waals surface area contributed by atoms with E-state index in [-0.39, 0.29) is 5.41 Å². The second kappa shape index (κ2) is 6.91. The number of hydrogen-bond acceptors (Lipinski definition) is 4. The van der Waals surface area contributed by atoms with E-state index >= 15 is 0 Å². The molecule has 3 N–H and O–H groups in total. The Hall–Kier alpha value is -2.56. The van der Waals surface area contributed by atoms with Gasteiger partial charge in [0.15, 0.2) is 0 Å². The molecule has 1 aromatic carbocycles. The van der Waals surface area contributed by atoms with Crippen LogP contribution in [0.4, 0.5) is 5.69 Å². The van der Waals surface area contributed by atoms with Crippen LogP contribution in [0.15, 0.2) is 42.7 Å². The summed E-state index contributed by atoms with van der Waals surface area (Å²) in [4.78, 5) is 15.6. The van der Waals surface area contributed by atoms with Gasteiger partial charge in [-0.05, 0) is 36.6 Å². The van der Waals surface area contributed by atoms with E-state index in [1.807, 2.05) is 12.1 Å². The quantitative estimate of drug-likeness (QED) is 0.855. The number of nitrogens with one attached hydrogen (secondary N) is 1. The molecule has 0 radical (unpaired) electrons. The fourth-order valence-corrected chi connectivity index (χ4v) is 3.58. The Balaban J connectivity index is 1.86. The lowest BCUT2D eigenvalue weighted by atomic mass is 9.78. The van der Waals surface area contributed by atoms with Gasteiger partial charge in [-0.3, -0.25) is 9.78 Å². The first-order valence-corrected chi connectivity index (χ1v) is 8.27.